The van der Waals surface area contributed by atoms with Gasteiger partial charge in [-0.3, -0.25) is 0 Å². The van der Waals surface area contributed by atoms with Crippen LogP contribution in [0.1, 0.15) is 5.56 Å². The molecule has 0 aliphatic heterocycles. The zero-order valence-electron chi connectivity index (χ0n) is 11.3. The Labute approximate surface area is 117 Å². The number of phenols is 2. The molecule has 0 spiro atoms. The fourth-order valence-electron chi connectivity index (χ4n) is 2.09. The first-order valence-corrected chi connectivity index (χ1v) is 6.21. The molecule has 2 rings (SSSR count). The zero-order chi connectivity index (χ0) is 14.7. The molecule has 0 saturated carbocycles. The number of anilines is 2. The summed E-state index contributed by atoms with van der Waals surface area (Å²) in [6.45, 7) is 0.577. The average molecular weight is 274 g/mol. The Hall–Kier alpha value is -2.40. The molecule has 2 aromatic rings. The van der Waals surface area contributed by atoms with Crippen LogP contribution < -0.4 is 11.5 Å². The van der Waals surface area contributed by atoms with E-state index in [9.17, 15) is 10.2 Å². The van der Waals surface area contributed by atoms with Gasteiger partial charge in [0.15, 0.2) is 0 Å². The first-order valence-electron chi connectivity index (χ1n) is 6.21. The number of aromatic hydroxyl groups is 2. The Balaban J connectivity index is 2.51. The lowest BCUT2D eigenvalue weighted by Crippen LogP contribution is -2.01. The average Bonchev–Trinajstić information content (AvgIpc) is 2.38. The molecule has 0 aromatic heterocycles. The van der Waals surface area contributed by atoms with Gasteiger partial charge in [0.05, 0.1) is 18.0 Å². The van der Waals surface area contributed by atoms with Gasteiger partial charge in [-0.15, -0.1) is 0 Å². The molecular formula is C15H18N2O3. The second-order valence-electron chi connectivity index (χ2n) is 4.63. The molecular weight excluding hydrogens is 256 g/mol. The first-order chi connectivity index (χ1) is 9.51. The number of benzene rings is 2. The minimum atomic E-state index is -0.0275. The predicted molar refractivity (Wildman–Crippen MR) is 79.6 cm³/mol. The van der Waals surface area contributed by atoms with E-state index in [1.54, 1.807) is 13.2 Å². The monoisotopic (exact) mass is 274 g/mol. The maximum atomic E-state index is 9.57. The Morgan fingerprint density at radius 2 is 1.65 bits per heavy atom. The van der Waals surface area contributed by atoms with Crippen molar-refractivity contribution < 1.29 is 14.9 Å². The van der Waals surface area contributed by atoms with Crippen LogP contribution in [0.5, 0.6) is 11.5 Å². The fraction of sp³-hybridized carbons (Fsp3) is 0.200. The summed E-state index contributed by atoms with van der Waals surface area (Å²) in [6.07, 6.45) is 0.707. The molecule has 0 saturated heterocycles. The van der Waals surface area contributed by atoms with Crippen LogP contribution in [0.2, 0.25) is 0 Å². The van der Waals surface area contributed by atoms with E-state index in [1.807, 2.05) is 6.07 Å². The van der Waals surface area contributed by atoms with Crippen LogP contribution in [-0.4, -0.2) is 23.9 Å². The van der Waals surface area contributed by atoms with Gasteiger partial charge in [-0.1, -0.05) is 0 Å². The number of rotatable bonds is 4. The van der Waals surface area contributed by atoms with E-state index in [1.165, 1.54) is 18.2 Å². The molecule has 0 aliphatic carbocycles. The standard InChI is InChI=1S/C15H18N2O3/c1-20-3-2-9-4-13(15(17)14(16)5-9)10-6-11(18)8-12(19)7-10/h4-8,18-19H,2-3,16-17H2,1H3. The van der Waals surface area contributed by atoms with Crippen LogP contribution in [-0.2, 0) is 11.2 Å². The highest BCUT2D eigenvalue weighted by molar-refractivity contribution is 5.86. The van der Waals surface area contributed by atoms with Crippen molar-refractivity contribution in [2.75, 3.05) is 25.2 Å². The van der Waals surface area contributed by atoms with E-state index >= 15 is 0 Å². The lowest BCUT2D eigenvalue weighted by molar-refractivity contribution is 0.202. The number of phenolic OH excluding ortho intramolecular Hbond substituents is 2. The third-order valence-corrected chi connectivity index (χ3v) is 3.08. The molecule has 6 N–H and O–H groups in total. The Kier molecular flexibility index (Phi) is 4.00. The third-order valence-electron chi connectivity index (χ3n) is 3.08. The van der Waals surface area contributed by atoms with Crippen LogP contribution in [0.25, 0.3) is 11.1 Å². The van der Waals surface area contributed by atoms with Gasteiger partial charge in [0.1, 0.15) is 11.5 Å². The van der Waals surface area contributed by atoms with E-state index in [2.05, 4.69) is 0 Å². The number of nitrogen functional groups attached to an aromatic ring is 2. The number of hydrogen-bond acceptors (Lipinski definition) is 5. The summed E-state index contributed by atoms with van der Waals surface area (Å²) < 4.78 is 5.05. The summed E-state index contributed by atoms with van der Waals surface area (Å²) >= 11 is 0. The van der Waals surface area contributed by atoms with E-state index in [0.29, 0.717) is 35.5 Å². The lowest BCUT2D eigenvalue weighted by atomic mass is 9.98. The largest absolute Gasteiger partial charge is 0.508 e. The quantitative estimate of drug-likeness (QED) is 0.640. The van der Waals surface area contributed by atoms with Gasteiger partial charge in [-0.2, -0.15) is 0 Å². The summed E-state index contributed by atoms with van der Waals surface area (Å²) in [4.78, 5) is 0. The first kappa shape index (κ1) is 14.0. The normalized spacial score (nSPS) is 10.7. The van der Waals surface area contributed by atoms with E-state index in [4.69, 9.17) is 16.2 Å². The van der Waals surface area contributed by atoms with Gasteiger partial charge in [-0.05, 0) is 41.8 Å². The zero-order valence-corrected chi connectivity index (χ0v) is 11.3. The smallest absolute Gasteiger partial charge is 0.119 e. The highest BCUT2D eigenvalue weighted by Gasteiger charge is 2.10. The summed E-state index contributed by atoms with van der Waals surface area (Å²) in [5.74, 6) is -0.0551. The molecule has 106 valence electrons. The lowest BCUT2D eigenvalue weighted by Gasteiger charge is -2.12. The van der Waals surface area contributed by atoms with Crippen molar-refractivity contribution in [3.05, 3.63) is 35.9 Å². The molecule has 0 bridgehead atoms. The molecule has 0 fully saturated rings. The molecule has 0 unspecified atom stereocenters. The topological polar surface area (TPSA) is 102 Å². The second-order valence-corrected chi connectivity index (χ2v) is 4.63. The Morgan fingerprint density at radius 1 is 1.00 bits per heavy atom. The van der Waals surface area contributed by atoms with E-state index < -0.39 is 0 Å². The van der Waals surface area contributed by atoms with Crippen molar-refractivity contribution in [1.29, 1.82) is 0 Å². The summed E-state index contributed by atoms with van der Waals surface area (Å²) in [5, 5.41) is 19.1. The molecule has 0 aliphatic rings. The van der Waals surface area contributed by atoms with Crippen LogP contribution in [0, 0.1) is 0 Å². The van der Waals surface area contributed by atoms with Gasteiger partial charge in [-0.25, -0.2) is 0 Å². The third kappa shape index (κ3) is 2.95. The van der Waals surface area contributed by atoms with Crippen molar-refractivity contribution in [2.45, 2.75) is 6.42 Å². The minimum Gasteiger partial charge on any atom is -0.508 e. The minimum absolute atomic E-state index is 0.0275. The number of ether oxygens (including phenoxy) is 1. The molecule has 0 atom stereocenters. The fourth-order valence-corrected chi connectivity index (χ4v) is 2.09. The van der Waals surface area contributed by atoms with Crippen molar-refractivity contribution in [3.63, 3.8) is 0 Å². The van der Waals surface area contributed by atoms with Crippen molar-refractivity contribution >= 4 is 11.4 Å². The highest BCUT2D eigenvalue weighted by atomic mass is 16.5. The second kappa shape index (κ2) is 5.71. The van der Waals surface area contributed by atoms with Gasteiger partial charge in [0, 0.05) is 18.7 Å². The molecule has 2 aromatic carbocycles. The maximum absolute atomic E-state index is 9.57. The van der Waals surface area contributed by atoms with Gasteiger partial charge in [0.25, 0.3) is 0 Å². The number of hydrogen-bond donors (Lipinski definition) is 4. The Bertz CT molecular complexity index is 607. The van der Waals surface area contributed by atoms with Crippen LogP contribution >= 0.6 is 0 Å². The number of nitrogens with two attached hydrogens (primary N) is 2. The van der Waals surface area contributed by atoms with Crippen LogP contribution in [0.15, 0.2) is 30.3 Å². The number of methoxy groups -OCH3 is 1. The van der Waals surface area contributed by atoms with Crippen LogP contribution in [0.3, 0.4) is 0 Å². The molecule has 5 heteroatoms. The Morgan fingerprint density at radius 3 is 2.25 bits per heavy atom. The van der Waals surface area contributed by atoms with Gasteiger partial charge >= 0.3 is 0 Å². The molecule has 0 radical (unpaired) electrons. The molecule has 20 heavy (non-hydrogen) atoms. The maximum Gasteiger partial charge on any atom is 0.119 e. The summed E-state index contributed by atoms with van der Waals surface area (Å²) in [7, 11) is 1.63. The van der Waals surface area contributed by atoms with E-state index in [0.717, 1.165) is 5.56 Å². The van der Waals surface area contributed by atoms with Crippen LogP contribution in [0.4, 0.5) is 11.4 Å². The summed E-state index contributed by atoms with van der Waals surface area (Å²) in [5.41, 5.74) is 15.1. The highest BCUT2D eigenvalue weighted by Crippen LogP contribution is 2.35. The van der Waals surface area contributed by atoms with Gasteiger partial charge < -0.3 is 26.4 Å². The van der Waals surface area contributed by atoms with Crippen molar-refractivity contribution in [1.82, 2.24) is 0 Å². The predicted octanol–water partition coefficient (Wildman–Crippen LogP) is 2.12. The summed E-state index contributed by atoms with van der Waals surface area (Å²) in [6, 6.07) is 8.02. The van der Waals surface area contributed by atoms with E-state index in [-0.39, 0.29) is 11.5 Å². The van der Waals surface area contributed by atoms with Crippen molar-refractivity contribution in [3.8, 4) is 22.6 Å². The van der Waals surface area contributed by atoms with Gasteiger partial charge in [0.2, 0.25) is 0 Å². The SMILES string of the molecule is COCCc1cc(N)c(N)c(-c2cc(O)cc(O)c2)c1. The molecule has 0 amide bonds. The molecule has 5 nitrogen and oxygen atoms in total. The molecule has 0 heterocycles. The van der Waals surface area contributed by atoms with Crippen molar-refractivity contribution in [2.24, 2.45) is 0 Å².